The predicted molar refractivity (Wildman–Crippen MR) is 131 cm³/mol. The lowest BCUT2D eigenvalue weighted by Crippen LogP contribution is -2.44. The number of carbonyl (C=O) groups excluding carboxylic acids is 1. The van der Waals surface area contributed by atoms with E-state index in [9.17, 15) is 4.79 Å². The number of carbonyl (C=O) groups is 1. The molecule has 1 fully saturated rings. The maximum atomic E-state index is 11.6. The fraction of sp³-hybridized carbons (Fsp3) is 0.208. The standard InChI is InChI=1S/C24H25ClN6O/c1-3-23(32)26-18-7-4-6-17(14-18)21-16-22(25)29-24(28-21)27-19-8-5-9-20(15-19)31-12-10-30(2)11-13-31/h3-9,14-16H,1,10-13H2,2H3,(H,26,32)(H,27,28,29). The van der Waals surface area contributed by atoms with Gasteiger partial charge in [0.15, 0.2) is 0 Å². The highest BCUT2D eigenvalue weighted by Gasteiger charge is 2.15. The number of hydrogen-bond donors (Lipinski definition) is 2. The van der Waals surface area contributed by atoms with Crippen LogP contribution in [0.3, 0.4) is 0 Å². The largest absolute Gasteiger partial charge is 0.369 e. The second-order valence-electron chi connectivity index (χ2n) is 7.64. The van der Waals surface area contributed by atoms with Crippen molar-refractivity contribution < 1.29 is 4.79 Å². The minimum Gasteiger partial charge on any atom is -0.369 e. The molecule has 1 saturated heterocycles. The van der Waals surface area contributed by atoms with E-state index in [0.29, 0.717) is 22.5 Å². The van der Waals surface area contributed by atoms with E-state index in [1.807, 2.05) is 30.3 Å². The van der Waals surface area contributed by atoms with Crippen molar-refractivity contribution in [3.8, 4) is 11.3 Å². The van der Waals surface area contributed by atoms with Gasteiger partial charge in [-0.3, -0.25) is 4.79 Å². The third kappa shape index (κ3) is 5.43. The summed E-state index contributed by atoms with van der Waals surface area (Å²) in [4.78, 5) is 25.3. The molecular weight excluding hydrogens is 424 g/mol. The molecule has 0 saturated carbocycles. The molecule has 0 radical (unpaired) electrons. The molecular formula is C24H25ClN6O. The number of hydrogen-bond acceptors (Lipinski definition) is 6. The van der Waals surface area contributed by atoms with Crippen LogP contribution in [0, 0.1) is 0 Å². The third-order valence-corrected chi connectivity index (χ3v) is 5.47. The van der Waals surface area contributed by atoms with Crippen molar-refractivity contribution in [2.75, 3.05) is 48.8 Å². The molecule has 1 aromatic heterocycles. The topological polar surface area (TPSA) is 73.4 Å². The minimum absolute atomic E-state index is 0.273. The van der Waals surface area contributed by atoms with Crippen LogP contribution in [0.25, 0.3) is 11.3 Å². The number of rotatable bonds is 6. The zero-order chi connectivity index (χ0) is 22.5. The minimum atomic E-state index is -0.273. The highest BCUT2D eigenvalue weighted by Crippen LogP contribution is 2.27. The Balaban J connectivity index is 1.55. The second-order valence-corrected chi connectivity index (χ2v) is 8.03. The van der Waals surface area contributed by atoms with Gasteiger partial charge in [-0.2, -0.15) is 0 Å². The number of nitrogens with one attached hydrogen (secondary N) is 2. The van der Waals surface area contributed by atoms with E-state index >= 15 is 0 Å². The van der Waals surface area contributed by atoms with Gasteiger partial charge in [0.2, 0.25) is 11.9 Å². The average Bonchev–Trinajstić information content (AvgIpc) is 2.79. The molecule has 1 amide bonds. The SMILES string of the molecule is C=CC(=O)Nc1cccc(-c2cc(Cl)nc(Nc3cccc(N4CCN(C)CC4)c3)n2)c1. The summed E-state index contributed by atoms with van der Waals surface area (Å²) in [6.45, 7) is 7.56. The van der Waals surface area contributed by atoms with E-state index < -0.39 is 0 Å². The monoisotopic (exact) mass is 448 g/mol. The first-order valence-corrected chi connectivity index (χ1v) is 10.8. The van der Waals surface area contributed by atoms with Crippen molar-refractivity contribution in [1.82, 2.24) is 14.9 Å². The normalized spacial score (nSPS) is 14.1. The van der Waals surface area contributed by atoms with Crippen molar-refractivity contribution in [3.63, 3.8) is 0 Å². The Bertz CT molecular complexity index is 1130. The molecule has 1 aliphatic rings. The molecule has 7 nitrogen and oxygen atoms in total. The number of aromatic nitrogens is 2. The Hall–Kier alpha value is -3.42. The highest BCUT2D eigenvalue weighted by molar-refractivity contribution is 6.29. The lowest BCUT2D eigenvalue weighted by molar-refractivity contribution is -0.111. The van der Waals surface area contributed by atoms with Crippen LogP contribution in [0.15, 0.2) is 67.3 Å². The number of anilines is 4. The van der Waals surface area contributed by atoms with Crippen molar-refractivity contribution in [2.45, 2.75) is 0 Å². The summed E-state index contributed by atoms with van der Waals surface area (Å²) >= 11 is 6.29. The molecule has 2 aromatic carbocycles. The van der Waals surface area contributed by atoms with E-state index in [1.54, 1.807) is 12.1 Å². The molecule has 4 rings (SSSR count). The Morgan fingerprint density at radius 3 is 2.56 bits per heavy atom. The summed E-state index contributed by atoms with van der Waals surface area (Å²) in [6, 6.07) is 17.3. The van der Waals surface area contributed by atoms with E-state index in [2.05, 4.69) is 56.2 Å². The molecule has 0 atom stereocenters. The Morgan fingerprint density at radius 1 is 1.03 bits per heavy atom. The first-order chi connectivity index (χ1) is 15.5. The van der Waals surface area contributed by atoms with Gasteiger partial charge in [-0.05, 0) is 43.5 Å². The van der Waals surface area contributed by atoms with Gasteiger partial charge in [0.05, 0.1) is 5.69 Å². The van der Waals surface area contributed by atoms with E-state index in [-0.39, 0.29) is 5.91 Å². The number of benzene rings is 2. The fourth-order valence-corrected chi connectivity index (χ4v) is 3.73. The van der Waals surface area contributed by atoms with Crippen molar-refractivity contribution in [2.24, 2.45) is 0 Å². The van der Waals surface area contributed by atoms with Crippen LogP contribution in [-0.4, -0.2) is 54.0 Å². The van der Waals surface area contributed by atoms with E-state index in [0.717, 1.165) is 43.1 Å². The quantitative estimate of drug-likeness (QED) is 0.429. The van der Waals surface area contributed by atoms with Gasteiger partial charge >= 0.3 is 0 Å². The lowest BCUT2D eigenvalue weighted by atomic mass is 10.1. The summed E-state index contributed by atoms with van der Waals surface area (Å²) < 4.78 is 0. The summed E-state index contributed by atoms with van der Waals surface area (Å²) in [7, 11) is 2.15. The number of piperazine rings is 1. The van der Waals surface area contributed by atoms with Crippen molar-refractivity contribution in [1.29, 1.82) is 0 Å². The first kappa shape index (κ1) is 21.8. The van der Waals surface area contributed by atoms with Crippen LogP contribution in [0.2, 0.25) is 5.15 Å². The molecule has 0 spiro atoms. The summed E-state index contributed by atoms with van der Waals surface area (Å²) in [5.41, 5.74) is 4.16. The van der Waals surface area contributed by atoms with E-state index in [4.69, 9.17) is 11.6 Å². The highest BCUT2D eigenvalue weighted by atomic mass is 35.5. The summed E-state index contributed by atoms with van der Waals surface area (Å²) in [5, 5.41) is 6.35. The maximum Gasteiger partial charge on any atom is 0.247 e. The second kappa shape index (κ2) is 9.80. The predicted octanol–water partition coefficient (Wildman–Crippen LogP) is 4.42. The molecule has 1 aliphatic heterocycles. The number of amides is 1. The molecule has 0 aliphatic carbocycles. The zero-order valence-electron chi connectivity index (χ0n) is 17.9. The van der Waals surface area contributed by atoms with Crippen LogP contribution in [0.4, 0.5) is 23.0 Å². The Kier molecular flexibility index (Phi) is 6.68. The lowest BCUT2D eigenvalue weighted by Gasteiger charge is -2.34. The van der Waals surface area contributed by atoms with Crippen LogP contribution >= 0.6 is 11.6 Å². The van der Waals surface area contributed by atoms with Gasteiger partial charge in [0, 0.05) is 54.9 Å². The van der Waals surface area contributed by atoms with Gasteiger partial charge in [-0.15, -0.1) is 0 Å². The first-order valence-electron chi connectivity index (χ1n) is 10.4. The van der Waals surface area contributed by atoms with Gasteiger partial charge in [0.25, 0.3) is 0 Å². The Labute approximate surface area is 192 Å². The van der Waals surface area contributed by atoms with Gasteiger partial charge in [-0.1, -0.05) is 36.4 Å². The zero-order valence-corrected chi connectivity index (χ0v) is 18.6. The molecule has 8 heteroatoms. The van der Waals surface area contributed by atoms with Crippen LogP contribution in [-0.2, 0) is 4.79 Å². The van der Waals surface area contributed by atoms with Crippen LogP contribution in [0.1, 0.15) is 0 Å². The van der Waals surface area contributed by atoms with Gasteiger partial charge in [-0.25, -0.2) is 9.97 Å². The average molecular weight is 449 g/mol. The molecule has 0 unspecified atom stereocenters. The fourth-order valence-electron chi connectivity index (χ4n) is 3.55. The van der Waals surface area contributed by atoms with Crippen molar-refractivity contribution in [3.05, 3.63) is 72.4 Å². The van der Waals surface area contributed by atoms with Gasteiger partial charge < -0.3 is 20.4 Å². The molecule has 164 valence electrons. The number of nitrogens with zero attached hydrogens (tertiary/aromatic N) is 4. The summed E-state index contributed by atoms with van der Waals surface area (Å²) in [6.07, 6.45) is 1.23. The molecule has 0 bridgehead atoms. The van der Waals surface area contributed by atoms with Gasteiger partial charge in [0.1, 0.15) is 5.15 Å². The molecule has 2 N–H and O–H groups in total. The summed E-state index contributed by atoms with van der Waals surface area (Å²) in [5.74, 6) is 0.133. The number of halogens is 1. The maximum absolute atomic E-state index is 11.6. The van der Waals surface area contributed by atoms with Crippen LogP contribution in [0.5, 0.6) is 0 Å². The molecule has 3 aromatic rings. The Morgan fingerprint density at radius 2 is 1.78 bits per heavy atom. The van der Waals surface area contributed by atoms with Crippen LogP contribution < -0.4 is 15.5 Å². The number of likely N-dealkylation sites (N-methyl/N-ethyl adjacent to an activating group) is 1. The third-order valence-electron chi connectivity index (χ3n) is 5.28. The molecule has 32 heavy (non-hydrogen) atoms. The van der Waals surface area contributed by atoms with Crippen molar-refractivity contribution >= 4 is 40.5 Å². The van der Waals surface area contributed by atoms with E-state index in [1.165, 1.54) is 6.08 Å². The smallest absolute Gasteiger partial charge is 0.247 e. The molecule has 2 heterocycles.